The molecule has 0 saturated heterocycles. The largest absolute Gasteiger partial charge is 0.443 e. The van der Waals surface area contributed by atoms with E-state index < -0.39 is 11.7 Å². The smallest absolute Gasteiger partial charge is 0.419 e. The van der Waals surface area contributed by atoms with Crippen LogP contribution < -0.4 is 10.6 Å². The zero-order valence-corrected chi connectivity index (χ0v) is 21.9. The lowest BCUT2D eigenvalue weighted by molar-refractivity contribution is 0.0544. The number of benzene rings is 1. The number of carbonyl (C=O) groups is 2. The molecule has 192 valence electrons. The van der Waals surface area contributed by atoms with Crippen molar-refractivity contribution in [3.63, 3.8) is 0 Å². The van der Waals surface area contributed by atoms with Gasteiger partial charge >= 0.3 is 6.09 Å². The van der Waals surface area contributed by atoms with Crippen molar-refractivity contribution < 1.29 is 14.3 Å². The Hall–Kier alpha value is -4.79. The molecule has 0 fully saturated rings. The van der Waals surface area contributed by atoms with Crippen molar-refractivity contribution in [3.05, 3.63) is 78.5 Å². The van der Waals surface area contributed by atoms with Gasteiger partial charge in [0, 0.05) is 59.3 Å². The summed E-state index contributed by atoms with van der Waals surface area (Å²) >= 11 is 0. The zero-order chi connectivity index (χ0) is 27.0. The standard InChI is InChI=1S/C29H28N6O3/c1-17-22(18-10-19-14-33-26(30-5)12-24(19)32-13-18)11-20(15-31-17)34-27(36)23-16-35(28(37)38-29(2,3)4)25-9-7-6-8-21(23)25/h6-16H,1-5H3,(H,30,33)(H,34,36). The molecule has 5 aromatic rings. The summed E-state index contributed by atoms with van der Waals surface area (Å²) in [7, 11) is 1.81. The maximum Gasteiger partial charge on any atom is 0.419 e. The molecule has 9 heteroatoms. The molecular formula is C29H28N6O3. The number of nitrogens with one attached hydrogen (secondary N) is 2. The highest BCUT2D eigenvalue weighted by Crippen LogP contribution is 2.29. The first-order chi connectivity index (χ1) is 18.1. The van der Waals surface area contributed by atoms with Crippen LogP contribution in [0.4, 0.5) is 16.3 Å². The van der Waals surface area contributed by atoms with E-state index in [1.54, 1.807) is 51.5 Å². The van der Waals surface area contributed by atoms with Gasteiger partial charge in [-0.05, 0) is 45.9 Å². The number of aromatic nitrogens is 4. The number of rotatable bonds is 4. The Morgan fingerprint density at radius 3 is 2.53 bits per heavy atom. The van der Waals surface area contributed by atoms with E-state index in [1.165, 1.54) is 10.8 Å². The fourth-order valence-corrected chi connectivity index (χ4v) is 4.22. The molecule has 1 amide bonds. The van der Waals surface area contributed by atoms with Gasteiger partial charge in [-0.3, -0.25) is 19.3 Å². The van der Waals surface area contributed by atoms with E-state index >= 15 is 0 Å². The molecule has 0 aliphatic carbocycles. The second-order valence-corrected chi connectivity index (χ2v) is 9.96. The molecule has 0 saturated carbocycles. The monoisotopic (exact) mass is 508 g/mol. The van der Waals surface area contributed by atoms with Crippen LogP contribution in [0.5, 0.6) is 0 Å². The highest BCUT2D eigenvalue weighted by atomic mass is 16.6. The van der Waals surface area contributed by atoms with Gasteiger partial charge in [-0.15, -0.1) is 0 Å². The van der Waals surface area contributed by atoms with Gasteiger partial charge in [0.25, 0.3) is 5.91 Å². The number of hydrogen-bond donors (Lipinski definition) is 2. The number of anilines is 2. The van der Waals surface area contributed by atoms with E-state index in [1.807, 2.05) is 44.3 Å². The molecule has 0 aliphatic heterocycles. The number of amides is 1. The molecule has 0 atom stereocenters. The van der Waals surface area contributed by atoms with Crippen LogP contribution in [-0.4, -0.2) is 44.2 Å². The molecule has 0 spiro atoms. The molecule has 1 aromatic carbocycles. The Balaban J connectivity index is 1.47. The molecule has 0 aliphatic rings. The molecular weight excluding hydrogens is 480 g/mol. The predicted molar refractivity (Wildman–Crippen MR) is 149 cm³/mol. The molecule has 0 radical (unpaired) electrons. The number of carbonyl (C=O) groups excluding carboxylic acids is 2. The van der Waals surface area contributed by atoms with Gasteiger partial charge in [-0.1, -0.05) is 18.2 Å². The Labute approximate surface area is 219 Å². The van der Waals surface area contributed by atoms with Crippen LogP contribution in [0.1, 0.15) is 36.8 Å². The normalized spacial score (nSPS) is 11.5. The van der Waals surface area contributed by atoms with E-state index in [9.17, 15) is 9.59 Å². The predicted octanol–water partition coefficient (Wildman–Crippen LogP) is 6.03. The van der Waals surface area contributed by atoms with Crippen LogP contribution in [0.15, 0.2) is 67.3 Å². The summed E-state index contributed by atoms with van der Waals surface area (Å²) < 4.78 is 6.90. The lowest BCUT2D eigenvalue weighted by Gasteiger charge is -2.19. The van der Waals surface area contributed by atoms with Crippen molar-refractivity contribution in [1.82, 2.24) is 19.5 Å². The number of fused-ring (bicyclic) bond motifs is 2. The van der Waals surface area contributed by atoms with Gasteiger partial charge < -0.3 is 15.4 Å². The van der Waals surface area contributed by atoms with Crippen LogP contribution >= 0.6 is 0 Å². The molecule has 38 heavy (non-hydrogen) atoms. The van der Waals surface area contributed by atoms with Crippen LogP contribution in [0, 0.1) is 6.92 Å². The van der Waals surface area contributed by atoms with Crippen LogP contribution in [-0.2, 0) is 4.74 Å². The Kier molecular flexibility index (Phi) is 6.28. The van der Waals surface area contributed by atoms with Gasteiger partial charge in [0.15, 0.2) is 0 Å². The minimum absolute atomic E-state index is 0.354. The quantitative estimate of drug-likeness (QED) is 0.305. The summed E-state index contributed by atoms with van der Waals surface area (Å²) in [5.74, 6) is 0.383. The van der Waals surface area contributed by atoms with E-state index in [2.05, 4.69) is 25.6 Å². The molecule has 4 aromatic heterocycles. The molecule has 5 rings (SSSR count). The maximum absolute atomic E-state index is 13.4. The fourth-order valence-electron chi connectivity index (χ4n) is 4.22. The number of aryl methyl sites for hydroxylation is 1. The third-order valence-electron chi connectivity index (χ3n) is 6.02. The first-order valence-corrected chi connectivity index (χ1v) is 12.2. The maximum atomic E-state index is 13.4. The minimum atomic E-state index is -0.669. The molecule has 4 heterocycles. The van der Waals surface area contributed by atoms with E-state index in [4.69, 9.17) is 4.74 Å². The van der Waals surface area contributed by atoms with Gasteiger partial charge in [0.1, 0.15) is 11.4 Å². The van der Waals surface area contributed by atoms with Gasteiger partial charge in [-0.2, -0.15) is 0 Å². The number of pyridine rings is 3. The van der Waals surface area contributed by atoms with E-state index in [0.29, 0.717) is 22.2 Å². The summed E-state index contributed by atoms with van der Waals surface area (Å²) in [6.07, 6.45) is 6.13. The van der Waals surface area contributed by atoms with E-state index in [-0.39, 0.29) is 5.91 Å². The summed E-state index contributed by atoms with van der Waals surface area (Å²) in [6, 6.07) is 13.0. The van der Waals surface area contributed by atoms with Crippen molar-refractivity contribution in [2.45, 2.75) is 33.3 Å². The van der Waals surface area contributed by atoms with Gasteiger partial charge in [0.2, 0.25) is 0 Å². The average molecular weight is 509 g/mol. The van der Waals surface area contributed by atoms with Crippen molar-refractivity contribution in [2.75, 3.05) is 17.7 Å². The Bertz CT molecular complexity index is 1700. The number of para-hydroxylation sites is 1. The number of hydrogen-bond acceptors (Lipinski definition) is 7. The van der Waals surface area contributed by atoms with Crippen LogP contribution in [0.3, 0.4) is 0 Å². The van der Waals surface area contributed by atoms with E-state index in [0.717, 1.165) is 33.5 Å². The van der Waals surface area contributed by atoms with Crippen molar-refractivity contribution in [2.24, 2.45) is 0 Å². The summed E-state index contributed by atoms with van der Waals surface area (Å²) in [5.41, 5.74) is 4.12. The van der Waals surface area contributed by atoms with Crippen LogP contribution in [0.2, 0.25) is 0 Å². The number of ether oxygens (including phenoxy) is 1. The van der Waals surface area contributed by atoms with Crippen molar-refractivity contribution >= 4 is 45.3 Å². The summed E-state index contributed by atoms with van der Waals surface area (Å²) in [5, 5.41) is 7.48. The first-order valence-electron chi connectivity index (χ1n) is 12.2. The second-order valence-electron chi connectivity index (χ2n) is 9.96. The highest BCUT2D eigenvalue weighted by molar-refractivity contribution is 6.14. The topological polar surface area (TPSA) is 111 Å². The first kappa shape index (κ1) is 24.9. The molecule has 2 N–H and O–H groups in total. The minimum Gasteiger partial charge on any atom is -0.443 e. The summed E-state index contributed by atoms with van der Waals surface area (Å²) in [4.78, 5) is 39.7. The lowest BCUT2D eigenvalue weighted by atomic mass is 10.0. The van der Waals surface area contributed by atoms with Crippen molar-refractivity contribution in [1.29, 1.82) is 0 Å². The fraction of sp³-hybridized carbons (Fsp3) is 0.207. The summed E-state index contributed by atoms with van der Waals surface area (Å²) in [6.45, 7) is 7.30. The lowest BCUT2D eigenvalue weighted by Crippen LogP contribution is -2.26. The average Bonchev–Trinajstić information content (AvgIpc) is 3.28. The molecule has 9 nitrogen and oxygen atoms in total. The molecule has 0 unspecified atom stereocenters. The van der Waals surface area contributed by atoms with Gasteiger partial charge in [0.05, 0.1) is 28.5 Å². The zero-order valence-electron chi connectivity index (χ0n) is 21.9. The van der Waals surface area contributed by atoms with Gasteiger partial charge in [-0.25, -0.2) is 9.78 Å². The van der Waals surface area contributed by atoms with Crippen molar-refractivity contribution in [3.8, 4) is 11.1 Å². The second kappa shape index (κ2) is 9.59. The third-order valence-corrected chi connectivity index (χ3v) is 6.02. The number of nitrogens with zero attached hydrogens (tertiary/aromatic N) is 4. The Morgan fingerprint density at radius 1 is 0.974 bits per heavy atom. The SMILES string of the molecule is CNc1cc2ncc(-c3cc(NC(=O)c4cn(C(=O)OC(C)(C)C)c5ccccc45)cnc3C)cc2cn1. The molecule has 0 bridgehead atoms. The Morgan fingerprint density at radius 2 is 1.76 bits per heavy atom. The van der Waals surface area contributed by atoms with Crippen LogP contribution in [0.25, 0.3) is 32.9 Å². The highest BCUT2D eigenvalue weighted by Gasteiger charge is 2.23. The third kappa shape index (κ3) is 4.90.